The van der Waals surface area contributed by atoms with Crippen LogP contribution in [0.2, 0.25) is 0 Å². The SMILES string of the molecule is COc1ccc(OON)cc1. The van der Waals surface area contributed by atoms with Crippen molar-refractivity contribution < 1.29 is 14.6 Å². The van der Waals surface area contributed by atoms with Crippen molar-refractivity contribution in [1.82, 2.24) is 0 Å². The standard InChI is InChI=1S/C7H9NO3/c1-9-6-2-4-7(5-3-6)10-11-8/h2-5H,8H2,1H3. The van der Waals surface area contributed by atoms with E-state index in [4.69, 9.17) is 4.74 Å². The first-order valence-electron chi connectivity index (χ1n) is 3.04. The minimum absolute atomic E-state index is 0.535. The van der Waals surface area contributed by atoms with Crippen LogP contribution in [0, 0.1) is 0 Å². The van der Waals surface area contributed by atoms with Gasteiger partial charge in [0.05, 0.1) is 7.11 Å². The van der Waals surface area contributed by atoms with Gasteiger partial charge in [-0.1, -0.05) is 4.99 Å². The number of methoxy groups -OCH3 is 1. The molecule has 4 nitrogen and oxygen atoms in total. The van der Waals surface area contributed by atoms with Crippen LogP contribution in [0.5, 0.6) is 11.5 Å². The maximum Gasteiger partial charge on any atom is 0.167 e. The van der Waals surface area contributed by atoms with Gasteiger partial charge in [-0.15, -0.1) is 0 Å². The summed E-state index contributed by atoms with van der Waals surface area (Å²) in [5.41, 5.74) is 0. The lowest BCUT2D eigenvalue weighted by molar-refractivity contribution is -0.211. The van der Waals surface area contributed by atoms with E-state index < -0.39 is 0 Å². The van der Waals surface area contributed by atoms with Crippen LogP contribution in [0.4, 0.5) is 0 Å². The lowest BCUT2D eigenvalue weighted by Crippen LogP contribution is -2.02. The molecule has 11 heavy (non-hydrogen) atoms. The molecular formula is C7H9NO3. The van der Waals surface area contributed by atoms with Crippen LogP contribution >= 0.6 is 0 Å². The summed E-state index contributed by atoms with van der Waals surface area (Å²) >= 11 is 0. The predicted octanol–water partition coefficient (Wildman–Crippen LogP) is 0.879. The predicted molar refractivity (Wildman–Crippen MR) is 38.9 cm³/mol. The van der Waals surface area contributed by atoms with Crippen LogP contribution in [0.15, 0.2) is 24.3 Å². The first-order chi connectivity index (χ1) is 5.36. The van der Waals surface area contributed by atoms with Crippen LogP contribution in [0.3, 0.4) is 0 Å². The molecule has 0 aliphatic rings. The van der Waals surface area contributed by atoms with E-state index in [1.165, 1.54) is 0 Å². The Morgan fingerprint density at radius 3 is 2.09 bits per heavy atom. The van der Waals surface area contributed by atoms with Crippen LogP contribution in [0.25, 0.3) is 0 Å². The van der Waals surface area contributed by atoms with Crippen molar-refractivity contribution in [3.8, 4) is 11.5 Å². The van der Waals surface area contributed by atoms with Gasteiger partial charge in [0.1, 0.15) is 5.75 Å². The second-order valence-corrected chi connectivity index (χ2v) is 1.86. The molecule has 2 N–H and O–H groups in total. The van der Waals surface area contributed by atoms with E-state index >= 15 is 0 Å². The molecule has 0 aliphatic heterocycles. The van der Waals surface area contributed by atoms with Gasteiger partial charge in [0, 0.05) is 0 Å². The molecule has 0 amide bonds. The van der Waals surface area contributed by atoms with E-state index in [1.54, 1.807) is 31.4 Å². The number of hydrogen-bond donors (Lipinski definition) is 1. The molecule has 1 rings (SSSR count). The molecule has 4 heteroatoms. The molecule has 0 bridgehead atoms. The van der Waals surface area contributed by atoms with Crippen molar-refractivity contribution in [2.75, 3.05) is 7.11 Å². The second kappa shape index (κ2) is 3.80. The van der Waals surface area contributed by atoms with E-state index in [-0.39, 0.29) is 0 Å². The van der Waals surface area contributed by atoms with Crippen LogP contribution in [-0.4, -0.2) is 7.11 Å². The minimum atomic E-state index is 0.535. The second-order valence-electron chi connectivity index (χ2n) is 1.86. The summed E-state index contributed by atoms with van der Waals surface area (Å²) < 4.78 is 4.92. The first kappa shape index (κ1) is 7.84. The lowest BCUT2D eigenvalue weighted by Gasteiger charge is -2.00. The molecule has 60 valence electrons. The lowest BCUT2D eigenvalue weighted by atomic mass is 10.3. The average molecular weight is 155 g/mol. The zero-order valence-corrected chi connectivity index (χ0v) is 6.11. The number of ether oxygens (including phenoxy) is 1. The molecule has 0 aliphatic carbocycles. The molecule has 0 radical (unpaired) electrons. The quantitative estimate of drug-likeness (QED) is 0.520. The molecule has 1 aromatic carbocycles. The Morgan fingerprint density at radius 2 is 1.64 bits per heavy atom. The van der Waals surface area contributed by atoms with E-state index in [0.29, 0.717) is 5.75 Å². The van der Waals surface area contributed by atoms with Crippen molar-refractivity contribution >= 4 is 0 Å². The van der Waals surface area contributed by atoms with Gasteiger partial charge in [0.2, 0.25) is 0 Å². The van der Waals surface area contributed by atoms with Crippen molar-refractivity contribution in [2.45, 2.75) is 0 Å². The fourth-order valence-corrected chi connectivity index (χ4v) is 0.687. The highest BCUT2D eigenvalue weighted by Crippen LogP contribution is 2.16. The van der Waals surface area contributed by atoms with E-state index in [2.05, 4.69) is 15.8 Å². The minimum Gasteiger partial charge on any atom is -0.497 e. The van der Waals surface area contributed by atoms with Crippen LogP contribution < -0.4 is 15.5 Å². The maximum atomic E-state index is 4.92. The highest BCUT2D eigenvalue weighted by Gasteiger charge is 1.93. The zero-order chi connectivity index (χ0) is 8.10. The van der Waals surface area contributed by atoms with Crippen molar-refractivity contribution in [3.63, 3.8) is 0 Å². The fraction of sp³-hybridized carbons (Fsp3) is 0.143. The summed E-state index contributed by atoms with van der Waals surface area (Å²) in [6.45, 7) is 0. The Kier molecular flexibility index (Phi) is 2.71. The van der Waals surface area contributed by atoms with Gasteiger partial charge in [-0.25, -0.2) is 0 Å². The third-order valence-electron chi connectivity index (χ3n) is 1.20. The summed E-state index contributed by atoms with van der Waals surface area (Å²) in [6, 6.07) is 6.86. The van der Waals surface area contributed by atoms with Gasteiger partial charge in [-0.05, 0) is 24.3 Å². The van der Waals surface area contributed by atoms with Crippen molar-refractivity contribution in [2.24, 2.45) is 5.90 Å². The van der Waals surface area contributed by atoms with Gasteiger partial charge in [-0.3, -0.25) is 0 Å². The summed E-state index contributed by atoms with van der Waals surface area (Å²) in [4.78, 5) is 8.49. The van der Waals surface area contributed by atoms with Gasteiger partial charge >= 0.3 is 0 Å². The average Bonchev–Trinajstić information content (AvgIpc) is 2.07. The summed E-state index contributed by atoms with van der Waals surface area (Å²) in [7, 11) is 1.59. The highest BCUT2D eigenvalue weighted by molar-refractivity contribution is 5.30. The number of benzene rings is 1. The van der Waals surface area contributed by atoms with E-state index in [9.17, 15) is 0 Å². The van der Waals surface area contributed by atoms with Gasteiger partial charge in [0.15, 0.2) is 5.75 Å². The van der Waals surface area contributed by atoms with E-state index in [1.807, 2.05) is 0 Å². The molecule has 0 atom stereocenters. The van der Waals surface area contributed by atoms with Gasteiger partial charge in [0.25, 0.3) is 0 Å². The number of nitrogens with two attached hydrogens (primary N) is 1. The summed E-state index contributed by atoms with van der Waals surface area (Å²) in [5.74, 6) is 5.97. The van der Waals surface area contributed by atoms with Crippen molar-refractivity contribution in [1.29, 1.82) is 0 Å². The highest BCUT2D eigenvalue weighted by atomic mass is 17.3. The van der Waals surface area contributed by atoms with Crippen LogP contribution in [-0.2, 0) is 4.99 Å². The van der Waals surface area contributed by atoms with Crippen LogP contribution in [0.1, 0.15) is 0 Å². The van der Waals surface area contributed by atoms with Gasteiger partial charge < -0.3 is 9.62 Å². The largest absolute Gasteiger partial charge is 0.497 e. The molecule has 0 fully saturated rings. The molecule has 0 aromatic heterocycles. The smallest absolute Gasteiger partial charge is 0.167 e. The molecular weight excluding hydrogens is 146 g/mol. The third-order valence-corrected chi connectivity index (χ3v) is 1.20. The zero-order valence-electron chi connectivity index (χ0n) is 6.11. The Hall–Kier alpha value is -1.26. The Bertz CT molecular complexity index is 209. The Morgan fingerprint density at radius 1 is 1.09 bits per heavy atom. The first-order valence-corrected chi connectivity index (χ1v) is 3.04. The fourth-order valence-electron chi connectivity index (χ4n) is 0.687. The number of hydrogen-bond acceptors (Lipinski definition) is 4. The van der Waals surface area contributed by atoms with Gasteiger partial charge in [-0.2, -0.15) is 5.90 Å². The Balaban J connectivity index is 2.66. The third kappa shape index (κ3) is 2.10. The molecule has 0 saturated carbocycles. The molecule has 0 spiro atoms. The maximum absolute atomic E-state index is 4.92. The van der Waals surface area contributed by atoms with Crippen molar-refractivity contribution in [3.05, 3.63) is 24.3 Å². The Labute approximate surface area is 64.4 Å². The monoisotopic (exact) mass is 155 g/mol. The topological polar surface area (TPSA) is 53.7 Å². The molecule has 1 aromatic rings. The molecule has 0 unspecified atom stereocenters. The summed E-state index contributed by atoms with van der Waals surface area (Å²) in [6.07, 6.45) is 0. The normalized spacial score (nSPS) is 9.27. The molecule has 0 saturated heterocycles. The number of rotatable bonds is 3. The summed E-state index contributed by atoms with van der Waals surface area (Å²) in [5, 5.41) is 0. The molecule has 0 heterocycles. The van der Waals surface area contributed by atoms with E-state index in [0.717, 1.165) is 5.75 Å².